The number of ether oxygens (including phenoxy) is 1. The van der Waals surface area contributed by atoms with Crippen LogP contribution in [-0.2, 0) is 0 Å². The summed E-state index contributed by atoms with van der Waals surface area (Å²) in [6.07, 6.45) is 0. The molecule has 0 saturated heterocycles. The van der Waals surface area contributed by atoms with Crippen molar-refractivity contribution in [3.05, 3.63) is 63.7 Å². The lowest BCUT2D eigenvalue weighted by molar-refractivity contribution is -0.385. The summed E-state index contributed by atoms with van der Waals surface area (Å²) in [5.74, 6) is 0.868. The normalized spacial score (nSPS) is 12.0. The molecule has 21 heavy (non-hydrogen) atoms. The fraction of sp³-hybridized carbons (Fsp3) is 0.250. The van der Waals surface area contributed by atoms with Crippen molar-refractivity contribution in [3.8, 4) is 11.5 Å². The Morgan fingerprint density at radius 2 is 1.90 bits per heavy atom. The SMILES string of the molecule is CNC(C)c1ccccc1Oc1ccc(C)cc1[N+](=O)[O-]. The zero-order chi connectivity index (χ0) is 15.4. The highest BCUT2D eigenvalue weighted by molar-refractivity contribution is 5.51. The molecule has 2 aromatic rings. The smallest absolute Gasteiger partial charge is 0.311 e. The van der Waals surface area contributed by atoms with Crippen molar-refractivity contribution in [2.45, 2.75) is 19.9 Å². The molecule has 1 N–H and O–H groups in total. The predicted molar refractivity (Wildman–Crippen MR) is 81.8 cm³/mol. The van der Waals surface area contributed by atoms with Gasteiger partial charge in [0.25, 0.3) is 0 Å². The van der Waals surface area contributed by atoms with Crippen molar-refractivity contribution >= 4 is 5.69 Å². The van der Waals surface area contributed by atoms with Crippen LogP contribution in [0.5, 0.6) is 11.5 Å². The summed E-state index contributed by atoms with van der Waals surface area (Å²) >= 11 is 0. The fourth-order valence-electron chi connectivity index (χ4n) is 2.06. The lowest BCUT2D eigenvalue weighted by Gasteiger charge is -2.16. The van der Waals surface area contributed by atoms with Crippen LogP contribution in [0.1, 0.15) is 24.1 Å². The molecule has 0 bridgehead atoms. The van der Waals surface area contributed by atoms with E-state index in [4.69, 9.17) is 4.74 Å². The Morgan fingerprint density at radius 1 is 1.19 bits per heavy atom. The quantitative estimate of drug-likeness (QED) is 0.667. The topological polar surface area (TPSA) is 64.4 Å². The first-order valence-electron chi connectivity index (χ1n) is 6.72. The molecule has 5 heteroatoms. The van der Waals surface area contributed by atoms with Crippen LogP contribution in [0.3, 0.4) is 0 Å². The second-order valence-corrected chi connectivity index (χ2v) is 4.88. The van der Waals surface area contributed by atoms with Crippen LogP contribution >= 0.6 is 0 Å². The van der Waals surface area contributed by atoms with Gasteiger partial charge in [-0.1, -0.05) is 24.3 Å². The highest BCUT2D eigenvalue weighted by Crippen LogP contribution is 2.35. The van der Waals surface area contributed by atoms with E-state index in [1.54, 1.807) is 12.1 Å². The number of benzene rings is 2. The van der Waals surface area contributed by atoms with Crippen molar-refractivity contribution in [1.29, 1.82) is 0 Å². The van der Waals surface area contributed by atoms with Gasteiger partial charge in [-0.2, -0.15) is 0 Å². The zero-order valence-electron chi connectivity index (χ0n) is 12.3. The first-order chi connectivity index (χ1) is 10.0. The minimum Gasteiger partial charge on any atom is -0.450 e. The number of hydrogen-bond acceptors (Lipinski definition) is 4. The second-order valence-electron chi connectivity index (χ2n) is 4.88. The molecule has 5 nitrogen and oxygen atoms in total. The first-order valence-corrected chi connectivity index (χ1v) is 6.72. The summed E-state index contributed by atoms with van der Waals surface area (Å²) in [6, 6.07) is 12.6. The third-order valence-electron chi connectivity index (χ3n) is 3.35. The molecule has 0 aliphatic rings. The molecular formula is C16H18N2O3. The van der Waals surface area contributed by atoms with Crippen LogP contribution in [0.4, 0.5) is 5.69 Å². The summed E-state index contributed by atoms with van der Waals surface area (Å²) in [6.45, 7) is 3.82. The van der Waals surface area contributed by atoms with Crippen LogP contribution in [0, 0.1) is 17.0 Å². The van der Waals surface area contributed by atoms with Gasteiger partial charge >= 0.3 is 5.69 Å². The van der Waals surface area contributed by atoms with Gasteiger partial charge in [0.05, 0.1) is 4.92 Å². The Kier molecular flexibility index (Phi) is 4.55. The van der Waals surface area contributed by atoms with Gasteiger partial charge < -0.3 is 10.1 Å². The molecule has 1 atom stereocenters. The standard InChI is InChI=1S/C16H18N2O3/c1-11-8-9-16(14(10-11)18(19)20)21-15-7-5-4-6-13(15)12(2)17-3/h4-10,12,17H,1-3H3. The zero-order valence-corrected chi connectivity index (χ0v) is 12.3. The van der Waals surface area contributed by atoms with Gasteiger partial charge in [-0.05, 0) is 38.6 Å². The molecule has 0 aromatic heterocycles. The van der Waals surface area contributed by atoms with Gasteiger partial charge in [0.1, 0.15) is 5.75 Å². The lowest BCUT2D eigenvalue weighted by atomic mass is 10.1. The van der Waals surface area contributed by atoms with Crippen LogP contribution < -0.4 is 10.1 Å². The van der Waals surface area contributed by atoms with Crippen molar-refractivity contribution in [1.82, 2.24) is 5.32 Å². The van der Waals surface area contributed by atoms with Gasteiger partial charge in [0, 0.05) is 17.7 Å². The molecule has 0 aliphatic heterocycles. The summed E-state index contributed by atoms with van der Waals surface area (Å²) < 4.78 is 5.80. The van der Waals surface area contributed by atoms with Crippen LogP contribution in [0.25, 0.3) is 0 Å². The minimum atomic E-state index is -0.424. The van der Waals surface area contributed by atoms with Crippen LogP contribution in [-0.4, -0.2) is 12.0 Å². The molecule has 0 amide bonds. The summed E-state index contributed by atoms with van der Waals surface area (Å²) in [5, 5.41) is 14.3. The van der Waals surface area contributed by atoms with Crippen LogP contribution in [0.2, 0.25) is 0 Å². The monoisotopic (exact) mass is 286 g/mol. The number of rotatable bonds is 5. The highest BCUT2D eigenvalue weighted by atomic mass is 16.6. The van der Waals surface area contributed by atoms with E-state index in [2.05, 4.69) is 5.32 Å². The Morgan fingerprint density at radius 3 is 2.57 bits per heavy atom. The van der Waals surface area contributed by atoms with Crippen LogP contribution in [0.15, 0.2) is 42.5 Å². The van der Waals surface area contributed by atoms with E-state index in [1.165, 1.54) is 6.07 Å². The average Bonchev–Trinajstić information content (AvgIpc) is 2.48. The van der Waals surface area contributed by atoms with E-state index in [0.29, 0.717) is 5.75 Å². The van der Waals surface area contributed by atoms with Gasteiger partial charge in [0.15, 0.2) is 0 Å². The molecule has 2 aromatic carbocycles. The van der Waals surface area contributed by atoms with Gasteiger partial charge in [-0.15, -0.1) is 0 Å². The third kappa shape index (κ3) is 3.38. The fourth-order valence-corrected chi connectivity index (χ4v) is 2.06. The Labute approximate surface area is 123 Å². The molecule has 0 saturated carbocycles. The first kappa shape index (κ1) is 15.0. The number of nitrogens with one attached hydrogen (secondary N) is 1. The van der Waals surface area contributed by atoms with Crippen molar-refractivity contribution in [3.63, 3.8) is 0 Å². The molecule has 0 radical (unpaired) electrons. The molecule has 110 valence electrons. The lowest BCUT2D eigenvalue weighted by Crippen LogP contribution is -2.13. The van der Waals surface area contributed by atoms with Crippen molar-refractivity contribution < 1.29 is 9.66 Å². The Bertz CT molecular complexity index is 656. The number of para-hydroxylation sites is 1. The molecular weight excluding hydrogens is 268 g/mol. The maximum absolute atomic E-state index is 11.2. The number of nitro benzene ring substituents is 1. The molecule has 0 aliphatic carbocycles. The van der Waals surface area contributed by atoms with E-state index in [-0.39, 0.29) is 17.5 Å². The maximum Gasteiger partial charge on any atom is 0.311 e. The van der Waals surface area contributed by atoms with E-state index in [1.807, 2.05) is 45.2 Å². The number of aryl methyl sites for hydroxylation is 1. The Hall–Kier alpha value is -2.40. The molecule has 2 rings (SSSR count). The summed E-state index contributed by atoms with van der Waals surface area (Å²) in [7, 11) is 1.86. The van der Waals surface area contributed by atoms with E-state index >= 15 is 0 Å². The highest BCUT2D eigenvalue weighted by Gasteiger charge is 2.18. The van der Waals surface area contributed by atoms with Gasteiger partial charge in [0.2, 0.25) is 5.75 Å². The molecule has 1 unspecified atom stereocenters. The van der Waals surface area contributed by atoms with Gasteiger partial charge in [-0.3, -0.25) is 10.1 Å². The summed E-state index contributed by atoms with van der Waals surface area (Å²) in [4.78, 5) is 10.7. The molecule has 0 fully saturated rings. The average molecular weight is 286 g/mol. The predicted octanol–water partition coefficient (Wildman–Crippen LogP) is 3.98. The van der Waals surface area contributed by atoms with Crippen molar-refractivity contribution in [2.24, 2.45) is 0 Å². The molecule has 0 spiro atoms. The van der Waals surface area contributed by atoms with E-state index in [0.717, 1.165) is 11.1 Å². The van der Waals surface area contributed by atoms with E-state index < -0.39 is 4.92 Å². The second kappa shape index (κ2) is 6.37. The number of hydrogen-bond donors (Lipinski definition) is 1. The molecule has 0 heterocycles. The number of nitrogens with zero attached hydrogens (tertiary/aromatic N) is 1. The van der Waals surface area contributed by atoms with E-state index in [9.17, 15) is 10.1 Å². The summed E-state index contributed by atoms with van der Waals surface area (Å²) in [5.41, 5.74) is 1.75. The minimum absolute atomic E-state index is 0.0260. The van der Waals surface area contributed by atoms with Gasteiger partial charge in [-0.25, -0.2) is 0 Å². The number of nitro groups is 1. The van der Waals surface area contributed by atoms with Crippen molar-refractivity contribution in [2.75, 3.05) is 7.05 Å². The third-order valence-corrected chi connectivity index (χ3v) is 3.35. The Balaban J connectivity index is 2.41. The largest absolute Gasteiger partial charge is 0.450 e. The maximum atomic E-state index is 11.2.